The fourth-order valence-electron chi connectivity index (χ4n) is 1.87. The molecule has 0 aliphatic rings. The van der Waals surface area contributed by atoms with Crippen LogP contribution in [0.4, 0.5) is 0 Å². The highest BCUT2D eigenvalue weighted by molar-refractivity contribution is 7.12. The van der Waals surface area contributed by atoms with Gasteiger partial charge in [-0.25, -0.2) is 0 Å². The van der Waals surface area contributed by atoms with Crippen LogP contribution in [0.2, 0.25) is 5.02 Å². The molecule has 3 heteroatoms. The zero-order valence-electron chi connectivity index (χ0n) is 10.0. The number of thiophene rings is 1. The Bertz CT molecular complexity index is 492. The van der Waals surface area contributed by atoms with Crippen molar-refractivity contribution in [3.8, 4) is 0 Å². The molecule has 0 saturated heterocycles. The quantitative estimate of drug-likeness (QED) is 0.873. The van der Waals surface area contributed by atoms with Crippen molar-refractivity contribution in [2.24, 2.45) is 0 Å². The summed E-state index contributed by atoms with van der Waals surface area (Å²) in [6, 6.07) is 12.7. The molecule has 1 atom stereocenters. The van der Waals surface area contributed by atoms with Crippen LogP contribution < -0.4 is 5.32 Å². The number of hydrogen-bond donors (Lipinski definition) is 1. The molecular weight excluding hydrogens is 250 g/mol. The van der Waals surface area contributed by atoms with Gasteiger partial charge in [-0.1, -0.05) is 29.8 Å². The van der Waals surface area contributed by atoms with Gasteiger partial charge in [0.2, 0.25) is 0 Å². The summed E-state index contributed by atoms with van der Waals surface area (Å²) in [5.41, 5.74) is 1.19. The van der Waals surface area contributed by atoms with Gasteiger partial charge in [0.05, 0.1) is 0 Å². The predicted molar refractivity (Wildman–Crippen MR) is 76.0 cm³/mol. The van der Waals surface area contributed by atoms with Crippen LogP contribution >= 0.6 is 22.9 Å². The van der Waals surface area contributed by atoms with Gasteiger partial charge < -0.3 is 5.32 Å². The average Bonchev–Trinajstić information content (AvgIpc) is 2.75. The smallest absolute Gasteiger partial charge is 0.0453 e. The number of halogens is 1. The summed E-state index contributed by atoms with van der Waals surface area (Å²) in [7, 11) is 2.00. The maximum absolute atomic E-state index is 6.19. The lowest BCUT2D eigenvalue weighted by molar-refractivity contribution is 0.602. The van der Waals surface area contributed by atoms with E-state index in [0.29, 0.717) is 6.04 Å². The van der Waals surface area contributed by atoms with E-state index in [1.54, 1.807) is 0 Å². The molecule has 17 heavy (non-hydrogen) atoms. The number of benzene rings is 1. The minimum Gasteiger partial charge on any atom is -0.312 e. The third-order valence-corrected chi connectivity index (χ3v) is 4.32. The van der Waals surface area contributed by atoms with E-state index in [2.05, 4.69) is 30.4 Å². The molecule has 0 aliphatic carbocycles. The molecule has 1 nitrogen and oxygen atoms in total. The zero-order chi connectivity index (χ0) is 12.3. The van der Waals surface area contributed by atoms with Crippen molar-refractivity contribution in [2.75, 3.05) is 7.05 Å². The zero-order valence-corrected chi connectivity index (χ0v) is 11.6. The first-order valence-corrected chi connectivity index (χ1v) is 6.87. The van der Waals surface area contributed by atoms with E-state index < -0.39 is 0 Å². The van der Waals surface area contributed by atoms with Crippen LogP contribution in [0.25, 0.3) is 0 Å². The van der Waals surface area contributed by atoms with Crippen molar-refractivity contribution < 1.29 is 0 Å². The third kappa shape index (κ3) is 3.09. The molecule has 2 rings (SSSR count). The summed E-state index contributed by atoms with van der Waals surface area (Å²) in [5, 5.41) is 4.21. The first-order chi connectivity index (χ1) is 8.20. The van der Waals surface area contributed by atoms with E-state index in [1.165, 1.54) is 15.3 Å². The SMILES string of the molecule is CNC(Cc1ccccc1Cl)c1ccc(C)s1. The average molecular weight is 266 g/mol. The van der Waals surface area contributed by atoms with Crippen LogP contribution in [0, 0.1) is 6.92 Å². The van der Waals surface area contributed by atoms with Crippen molar-refractivity contribution in [3.63, 3.8) is 0 Å². The van der Waals surface area contributed by atoms with E-state index in [9.17, 15) is 0 Å². The highest BCUT2D eigenvalue weighted by atomic mass is 35.5. The van der Waals surface area contributed by atoms with Gasteiger partial charge in [0, 0.05) is 20.8 Å². The molecule has 1 heterocycles. The Hall–Kier alpha value is -0.830. The topological polar surface area (TPSA) is 12.0 Å². The van der Waals surface area contributed by atoms with Gasteiger partial charge in [-0.05, 0) is 44.2 Å². The van der Waals surface area contributed by atoms with Gasteiger partial charge in [0.15, 0.2) is 0 Å². The molecular formula is C14H16ClNS. The Morgan fingerprint density at radius 2 is 2.00 bits per heavy atom. The van der Waals surface area contributed by atoms with Crippen LogP contribution in [-0.2, 0) is 6.42 Å². The minimum absolute atomic E-state index is 0.341. The molecule has 0 fully saturated rings. The van der Waals surface area contributed by atoms with Gasteiger partial charge in [-0.2, -0.15) is 0 Å². The summed E-state index contributed by atoms with van der Waals surface area (Å²) in [4.78, 5) is 2.71. The largest absolute Gasteiger partial charge is 0.312 e. The lowest BCUT2D eigenvalue weighted by Gasteiger charge is -2.15. The van der Waals surface area contributed by atoms with Gasteiger partial charge in [0.1, 0.15) is 0 Å². The molecule has 1 unspecified atom stereocenters. The molecule has 0 radical (unpaired) electrons. The van der Waals surface area contributed by atoms with Crippen LogP contribution in [0.1, 0.15) is 21.4 Å². The van der Waals surface area contributed by atoms with E-state index in [4.69, 9.17) is 11.6 Å². The lowest BCUT2D eigenvalue weighted by atomic mass is 10.0. The Kier molecular flexibility index (Phi) is 4.21. The standard InChI is InChI=1S/C14H16ClNS/c1-10-7-8-14(17-10)13(16-2)9-11-5-3-4-6-12(11)15/h3-8,13,16H,9H2,1-2H3. The minimum atomic E-state index is 0.341. The van der Waals surface area contributed by atoms with E-state index in [-0.39, 0.29) is 0 Å². The Balaban J connectivity index is 2.18. The molecule has 0 aliphatic heterocycles. The summed E-state index contributed by atoms with van der Waals surface area (Å²) in [6.07, 6.45) is 0.927. The third-order valence-electron chi connectivity index (χ3n) is 2.83. The summed E-state index contributed by atoms with van der Waals surface area (Å²) in [5.74, 6) is 0. The molecule has 1 N–H and O–H groups in total. The van der Waals surface area contributed by atoms with Crippen molar-refractivity contribution >= 4 is 22.9 Å². The lowest BCUT2D eigenvalue weighted by Crippen LogP contribution is -2.17. The number of likely N-dealkylation sites (N-methyl/N-ethyl adjacent to an activating group) is 1. The highest BCUT2D eigenvalue weighted by Gasteiger charge is 2.13. The Morgan fingerprint density at radius 3 is 2.59 bits per heavy atom. The second kappa shape index (κ2) is 5.67. The second-order valence-corrected chi connectivity index (χ2v) is 5.81. The van der Waals surface area contributed by atoms with Crippen LogP contribution in [-0.4, -0.2) is 7.05 Å². The fourth-order valence-corrected chi connectivity index (χ4v) is 3.07. The van der Waals surface area contributed by atoms with Gasteiger partial charge in [-0.3, -0.25) is 0 Å². The second-order valence-electron chi connectivity index (χ2n) is 4.09. The van der Waals surface area contributed by atoms with Crippen molar-refractivity contribution in [1.29, 1.82) is 0 Å². The fraction of sp³-hybridized carbons (Fsp3) is 0.286. The van der Waals surface area contributed by atoms with E-state index in [1.807, 2.05) is 36.6 Å². The number of rotatable bonds is 4. The summed E-state index contributed by atoms with van der Waals surface area (Å²) in [6.45, 7) is 2.14. The monoisotopic (exact) mass is 265 g/mol. The van der Waals surface area contributed by atoms with Crippen molar-refractivity contribution in [1.82, 2.24) is 5.32 Å². The normalized spacial score (nSPS) is 12.6. The molecule has 0 saturated carbocycles. The molecule has 1 aromatic carbocycles. The van der Waals surface area contributed by atoms with Crippen molar-refractivity contribution in [2.45, 2.75) is 19.4 Å². The summed E-state index contributed by atoms with van der Waals surface area (Å²) >= 11 is 8.03. The van der Waals surface area contributed by atoms with E-state index in [0.717, 1.165) is 11.4 Å². The molecule has 90 valence electrons. The molecule has 0 amide bonds. The number of nitrogens with one attached hydrogen (secondary N) is 1. The molecule has 0 bridgehead atoms. The maximum atomic E-state index is 6.19. The predicted octanol–water partition coefficient (Wildman–Crippen LogP) is 4.21. The molecule has 2 aromatic rings. The first kappa shape index (κ1) is 12.6. The maximum Gasteiger partial charge on any atom is 0.0453 e. The van der Waals surface area contributed by atoms with Crippen molar-refractivity contribution in [3.05, 3.63) is 56.7 Å². The number of aryl methyl sites for hydroxylation is 1. The van der Waals surface area contributed by atoms with Gasteiger partial charge in [-0.15, -0.1) is 11.3 Å². The molecule has 0 spiro atoms. The van der Waals surface area contributed by atoms with Crippen LogP contribution in [0.15, 0.2) is 36.4 Å². The Labute approximate surface area is 111 Å². The van der Waals surface area contributed by atoms with E-state index >= 15 is 0 Å². The van der Waals surface area contributed by atoms with Gasteiger partial charge >= 0.3 is 0 Å². The Morgan fingerprint density at radius 1 is 1.24 bits per heavy atom. The molecule has 1 aromatic heterocycles. The first-order valence-electron chi connectivity index (χ1n) is 5.67. The van der Waals surface area contributed by atoms with Crippen LogP contribution in [0.5, 0.6) is 0 Å². The highest BCUT2D eigenvalue weighted by Crippen LogP contribution is 2.27. The van der Waals surface area contributed by atoms with Gasteiger partial charge in [0.25, 0.3) is 0 Å². The summed E-state index contributed by atoms with van der Waals surface area (Å²) < 4.78 is 0. The number of hydrogen-bond acceptors (Lipinski definition) is 2. The van der Waals surface area contributed by atoms with Crippen LogP contribution in [0.3, 0.4) is 0 Å².